The van der Waals surface area contributed by atoms with Gasteiger partial charge in [0.2, 0.25) is 16.3 Å². The Labute approximate surface area is 673 Å². The summed E-state index contributed by atoms with van der Waals surface area (Å²) in [7, 11) is 0.899. The predicted molar refractivity (Wildman–Crippen MR) is 439 cm³/mol. The average Bonchev–Trinajstić information content (AvgIpc) is 0.953. The van der Waals surface area contributed by atoms with Crippen LogP contribution in [0.4, 0.5) is 0 Å². The third-order valence-electron chi connectivity index (χ3n) is 19.9. The van der Waals surface area contributed by atoms with Gasteiger partial charge in [-0.2, -0.15) is 8.42 Å². The van der Waals surface area contributed by atoms with Crippen molar-refractivity contribution in [2.24, 2.45) is 0 Å². The van der Waals surface area contributed by atoms with E-state index in [2.05, 4.69) is 46.2 Å². The van der Waals surface area contributed by atoms with Gasteiger partial charge in [0, 0.05) is 84.0 Å². The molecule has 0 saturated carbocycles. The fraction of sp³-hybridized carbons (Fsp3) is 0.310. The highest BCUT2D eigenvalue weighted by Crippen LogP contribution is 2.38. The molecule has 1 N–H and O–H groups in total. The number of imidazole rings is 2. The second-order valence-corrected chi connectivity index (χ2v) is 29.6. The number of nitrogens with zero attached hydrogens (tertiary/aromatic N) is 13. The number of unbranched alkanes of at least 4 members (excludes halogenated alkanes) is 2. The van der Waals surface area contributed by atoms with E-state index in [9.17, 15) is 42.3 Å². The maximum Gasteiger partial charge on any atom is 0.277 e. The Morgan fingerprint density at radius 1 is 0.414 bits per heavy atom. The lowest BCUT2D eigenvalue weighted by atomic mass is 9.98. The summed E-state index contributed by atoms with van der Waals surface area (Å²) in [6, 6.07) is 63.1. The van der Waals surface area contributed by atoms with Crippen LogP contribution in [0, 0.1) is 0 Å². The molecule has 3 aliphatic rings. The molecule has 606 valence electrons. The normalized spacial score (nSPS) is 13.3. The highest BCUT2D eigenvalue weighted by molar-refractivity contribution is 7.85. The summed E-state index contributed by atoms with van der Waals surface area (Å²) in [5, 5.41) is 17.0. The van der Waals surface area contributed by atoms with Gasteiger partial charge in [-0.05, 0) is 46.2 Å². The number of fused-ring (bicyclic) bond motifs is 3. The molecule has 0 radical (unpaired) electrons. The first kappa shape index (κ1) is 83.0. The number of carbonyl (C=O) groups excluding carboxylic acids is 3. The molecular weight excluding hydrogens is 1500 g/mol. The summed E-state index contributed by atoms with van der Waals surface area (Å²) in [5.74, 6) is -1.66. The zero-order chi connectivity index (χ0) is 81.7. The van der Waals surface area contributed by atoms with Crippen LogP contribution in [0.1, 0.15) is 140 Å². The van der Waals surface area contributed by atoms with Crippen molar-refractivity contribution < 1.29 is 55.8 Å². The number of ether oxygens (including phenoxy) is 5. The van der Waals surface area contributed by atoms with Crippen LogP contribution in [0.2, 0.25) is 0 Å². The summed E-state index contributed by atoms with van der Waals surface area (Å²) in [5.41, 5.74) is 6.18. The predicted octanol–water partition coefficient (Wildman–Crippen LogP) is 9.94. The van der Waals surface area contributed by atoms with Gasteiger partial charge in [-0.1, -0.05) is 209 Å². The molecule has 116 heavy (non-hydrogen) atoms. The number of aromatic nitrogens is 7. The van der Waals surface area contributed by atoms with Crippen molar-refractivity contribution in [2.45, 2.75) is 77.4 Å². The standard InChI is InChI=1S/C31H35N5O4.C29H35N3O7S.C27H27N5O4/c1-3-4-18-40-30-27(37)20-26(21-33-16-15-32-22-33)36-29(30)31(38)34(17-19-39-2)23-35(36)28(24-11-7-5-8-12-24)25-13-9-6-10-14-25;1-4-5-17-38-28-25(33)19-24(20-39-40(3,35)36)32-27(28)29(34)30(16-18-37-2)21-31(32)26(22-12-8-6-9-13-22)23-14-10-7-11-15-23;1-36-15-14-30-19-31(24(20-8-4-2-5-9-20)21-10-6-3-7-11-21)32-22(17-29-13-12-28-18-29)16-23(33)26(34)25(32)27(30)35/h5-16,20,22,28H,3-4,17-19,21,23H2,1-2H3;6-15,19,26H,4-5,16-18,20-21H2,1-3H3;2-13,16,18,24,34H,14-15,17,19H2,1H3. The molecule has 3 amide bonds. The first-order valence-corrected chi connectivity index (χ1v) is 40.3. The smallest absolute Gasteiger partial charge is 0.277 e. The Bertz CT molecular complexity index is 5240. The van der Waals surface area contributed by atoms with Crippen LogP contribution in [0.15, 0.2) is 252 Å². The maximum absolute atomic E-state index is 14.1. The fourth-order valence-corrected chi connectivity index (χ4v) is 14.7. The number of hydrogen-bond acceptors (Lipinski definition) is 20. The number of methoxy groups -OCH3 is 3. The number of hydrogen-bond donors (Lipinski definition) is 1. The third-order valence-corrected chi connectivity index (χ3v) is 20.4. The number of benzene rings is 6. The van der Waals surface area contributed by atoms with Crippen LogP contribution in [-0.2, 0) is 48.2 Å². The van der Waals surface area contributed by atoms with Gasteiger partial charge in [-0.3, -0.25) is 48.0 Å². The van der Waals surface area contributed by atoms with Gasteiger partial charge in [0.1, 0.15) is 26.6 Å². The molecule has 14 rings (SSSR count). The van der Waals surface area contributed by atoms with Crippen molar-refractivity contribution in [3.63, 3.8) is 0 Å². The van der Waals surface area contributed by atoms with Crippen LogP contribution in [0.25, 0.3) is 0 Å². The highest BCUT2D eigenvalue weighted by Gasteiger charge is 2.43. The largest absolute Gasteiger partial charge is 0.502 e. The van der Waals surface area contributed by atoms with E-state index in [1.807, 2.05) is 195 Å². The van der Waals surface area contributed by atoms with Crippen LogP contribution in [0.3, 0.4) is 0 Å². The van der Waals surface area contributed by atoms with E-state index in [0.717, 1.165) is 58.9 Å². The fourth-order valence-electron chi connectivity index (χ4n) is 14.4. The van der Waals surface area contributed by atoms with E-state index >= 15 is 0 Å². The summed E-state index contributed by atoms with van der Waals surface area (Å²) in [6.45, 7) is 7.45. The van der Waals surface area contributed by atoms with Gasteiger partial charge in [-0.15, -0.1) is 0 Å². The Morgan fingerprint density at radius 3 is 1.02 bits per heavy atom. The lowest BCUT2D eigenvalue weighted by Crippen LogP contribution is -2.57. The van der Waals surface area contributed by atoms with Crippen molar-refractivity contribution in [1.82, 2.24) is 47.8 Å². The van der Waals surface area contributed by atoms with E-state index in [1.165, 1.54) is 12.1 Å². The molecule has 8 heterocycles. The lowest BCUT2D eigenvalue weighted by molar-refractivity contribution is 0.0602. The van der Waals surface area contributed by atoms with E-state index < -0.39 is 51.2 Å². The SMILES string of the molecule is CCCCOc1c2n(c(COS(C)(=O)=O)cc1=O)N(C(c1ccccc1)c1ccccc1)CN(CCOC)C2=O.CCCCOc1c2n(c(Cn3ccnc3)cc1=O)N(C(c1ccccc1)c1ccccc1)CN(CCOC)C2=O.COCCN1CN(C(c2ccccc2)c2ccccc2)n2c(Cn3ccnc3)cc(=O)c(O)c2C1=O. The minimum atomic E-state index is -3.84. The number of pyridine rings is 3. The molecule has 0 saturated heterocycles. The molecule has 0 unspecified atom stereocenters. The van der Waals surface area contributed by atoms with Crippen molar-refractivity contribution in [3.8, 4) is 17.2 Å². The van der Waals surface area contributed by atoms with E-state index in [0.29, 0.717) is 63.8 Å². The van der Waals surface area contributed by atoms with Gasteiger partial charge in [0.25, 0.3) is 27.8 Å². The summed E-state index contributed by atoms with van der Waals surface area (Å²) in [6.07, 6.45) is 14.5. The molecule has 11 aromatic rings. The molecule has 5 aromatic heterocycles. The summed E-state index contributed by atoms with van der Waals surface area (Å²) < 4.78 is 65.8. The Morgan fingerprint density at radius 2 is 0.716 bits per heavy atom. The quantitative estimate of drug-likeness (QED) is 0.0296. The van der Waals surface area contributed by atoms with Crippen molar-refractivity contribution >= 4 is 27.8 Å². The second-order valence-electron chi connectivity index (χ2n) is 27.9. The maximum atomic E-state index is 14.1. The van der Waals surface area contributed by atoms with Crippen LogP contribution < -0.4 is 40.8 Å². The van der Waals surface area contributed by atoms with Gasteiger partial charge in [0.05, 0.1) is 100 Å². The first-order chi connectivity index (χ1) is 56.4. The lowest BCUT2D eigenvalue weighted by Gasteiger charge is -2.45. The summed E-state index contributed by atoms with van der Waals surface area (Å²) in [4.78, 5) is 94.6. The molecule has 0 spiro atoms. The van der Waals surface area contributed by atoms with E-state index in [4.69, 9.17) is 27.9 Å². The molecule has 28 nitrogen and oxygen atoms in total. The molecule has 3 aliphatic heterocycles. The Hall–Kier alpha value is -12.4. The van der Waals surface area contributed by atoms with Gasteiger partial charge in [0.15, 0.2) is 34.3 Å². The van der Waals surface area contributed by atoms with Gasteiger partial charge in [-0.25, -0.2) is 24.0 Å². The molecule has 6 aromatic carbocycles. The van der Waals surface area contributed by atoms with Crippen molar-refractivity contribution in [2.75, 3.05) is 115 Å². The highest BCUT2D eigenvalue weighted by atomic mass is 32.2. The van der Waals surface area contributed by atoms with Crippen LogP contribution in [0.5, 0.6) is 17.2 Å². The molecule has 0 atom stereocenters. The monoisotopic (exact) mass is 1600 g/mol. The molecular formula is C87H97N13O15S. The zero-order valence-corrected chi connectivity index (χ0v) is 66.7. The Balaban J connectivity index is 0.000000161. The van der Waals surface area contributed by atoms with E-state index in [1.54, 1.807) is 82.7 Å². The van der Waals surface area contributed by atoms with Crippen LogP contribution in [-0.4, -0.2) is 179 Å². The molecule has 0 fully saturated rings. The van der Waals surface area contributed by atoms with Gasteiger partial charge < -0.3 is 52.6 Å². The van der Waals surface area contributed by atoms with Crippen molar-refractivity contribution in [3.05, 3.63) is 336 Å². The van der Waals surface area contributed by atoms with E-state index in [-0.39, 0.29) is 97.5 Å². The first-order valence-electron chi connectivity index (χ1n) is 38.5. The molecule has 29 heteroatoms. The second kappa shape index (κ2) is 39.6. The average molecular weight is 1600 g/mol. The number of rotatable bonds is 33. The Kier molecular flexibility index (Phi) is 28.3. The molecule has 0 bridgehead atoms. The third kappa shape index (κ3) is 19.5. The minimum absolute atomic E-state index is 0.0231. The van der Waals surface area contributed by atoms with Gasteiger partial charge >= 0.3 is 0 Å². The number of carbonyl (C=O) groups is 3. The number of amides is 3. The topological polar surface area (TPSA) is 282 Å². The minimum Gasteiger partial charge on any atom is -0.502 e. The number of aromatic hydroxyl groups is 1. The van der Waals surface area contributed by atoms with Crippen molar-refractivity contribution in [1.29, 1.82) is 0 Å². The zero-order valence-electron chi connectivity index (χ0n) is 65.9. The molecule has 0 aliphatic carbocycles. The van der Waals surface area contributed by atoms with Crippen LogP contribution >= 0.6 is 0 Å². The summed E-state index contributed by atoms with van der Waals surface area (Å²) >= 11 is 0.